The average Bonchev–Trinajstić information content (AvgIpc) is 2.77. The number of carbonyl (C=O) groups excluding carboxylic acids is 2. The minimum absolute atomic E-state index is 0.149. The van der Waals surface area contributed by atoms with E-state index in [-0.39, 0.29) is 20.0 Å². The van der Waals surface area contributed by atoms with Gasteiger partial charge in [-0.2, -0.15) is 5.26 Å². The van der Waals surface area contributed by atoms with E-state index in [2.05, 4.69) is 23.1 Å². The second kappa shape index (κ2) is 12.4. The summed E-state index contributed by atoms with van der Waals surface area (Å²) in [5.74, 6) is -2.39. The first-order valence-corrected chi connectivity index (χ1v) is 10.6. The highest BCUT2D eigenvalue weighted by molar-refractivity contribution is 5.81. The summed E-state index contributed by atoms with van der Waals surface area (Å²) in [5, 5.41) is 9.92. The van der Waals surface area contributed by atoms with Crippen LogP contribution in [0.5, 0.6) is 0 Å². The van der Waals surface area contributed by atoms with Crippen molar-refractivity contribution in [2.24, 2.45) is 11.3 Å². The minimum atomic E-state index is -1.16. The van der Waals surface area contributed by atoms with Crippen molar-refractivity contribution in [1.82, 2.24) is 4.90 Å². The molecule has 0 saturated carbocycles. The maximum absolute atomic E-state index is 12.8. The normalized spacial score (nSPS) is 17.9. The van der Waals surface area contributed by atoms with Crippen LogP contribution in [-0.4, -0.2) is 63.1 Å². The predicted molar refractivity (Wildman–Crippen MR) is 113 cm³/mol. The lowest BCUT2D eigenvalue weighted by Crippen LogP contribution is -2.56. The first-order valence-electron chi connectivity index (χ1n) is 10.6. The molecular formula is C23H32N2O6. The monoisotopic (exact) mass is 432 g/mol. The molecule has 2 unspecified atom stereocenters. The molecule has 1 aromatic rings. The van der Waals surface area contributed by atoms with Crippen LogP contribution in [0.4, 0.5) is 0 Å². The number of nitrogens with zero attached hydrogens (tertiary/aromatic N) is 2. The fourth-order valence-electron chi connectivity index (χ4n) is 4.14. The number of methoxy groups -OCH3 is 1. The summed E-state index contributed by atoms with van der Waals surface area (Å²) in [4.78, 5) is 27.8. The van der Waals surface area contributed by atoms with Crippen molar-refractivity contribution in [1.29, 1.82) is 5.26 Å². The Bertz CT molecular complexity index is 740. The molecule has 31 heavy (non-hydrogen) atoms. The highest BCUT2D eigenvalue weighted by Crippen LogP contribution is 2.45. The van der Waals surface area contributed by atoms with Gasteiger partial charge >= 0.3 is 11.9 Å². The van der Waals surface area contributed by atoms with Crippen molar-refractivity contribution in [3.05, 3.63) is 35.9 Å². The van der Waals surface area contributed by atoms with Crippen LogP contribution in [0.1, 0.15) is 32.3 Å². The van der Waals surface area contributed by atoms with Gasteiger partial charge in [0.25, 0.3) is 0 Å². The lowest BCUT2D eigenvalue weighted by molar-refractivity contribution is -0.192. The van der Waals surface area contributed by atoms with Crippen LogP contribution < -0.4 is 0 Å². The molecule has 0 N–H and O–H groups in total. The molecule has 1 saturated heterocycles. The van der Waals surface area contributed by atoms with Crippen molar-refractivity contribution in [2.75, 3.05) is 40.2 Å². The third kappa shape index (κ3) is 6.26. The number of hydrogen-bond donors (Lipinski definition) is 0. The molecule has 0 bridgehead atoms. The molecule has 2 atom stereocenters. The fraction of sp³-hybridized carbons (Fsp3) is 0.609. The van der Waals surface area contributed by atoms with Crippen molar-refractivity contribution < 1.29 is 28.5 Å². The summed E-state index contributed by atoms with van der Waals surface area (Å²) in [6, 6.07) is 12.2. The summed E-state index contributed by atoms with van der Waals surface area (Å²) in [7, 11) is 1.45. The Balaban J connectivity index is 2.32. The first kappa shape index (κ1) is 24.8. The number of piperidine rings is 1. The number of benzene rings is 1. The van der Waals surface area contributed by atoms with E-state index in [9.17, 15) is 14.9 Å². The summed E-state index contributed by atoms with van der Waals surface area (Å²) < 4.78 is 21.2. The van der Waals surface area contributed by atoms with Gasteiger partial charge in [0.15, 0.2) is 12.0 Å². The summed E-state index contributed by atoms with van der Waals surface area (Å²) in [6.45, 7) is 5.49. The van der Waals surface area contributed by atoms with Crippen molar-refractivity contribution >= 4 is 11.9 Å². The Kier molecular flexibility index (Phi) is 9.92. The van der Waals surface area contributed by atoms with Crippen molar-refractivity contribution in [3.63, 3.8) is 0 Å². The Morgan fingerprint density at radius 1 is 1.10 bits per heavy atom. The van der Waals surface area contributed by atoms with Crippen molar-refractivity contribution in [2.45, 2.75) is 39.3 Å². The molecule has 0 aliphatic carbocycles. The first-order chi connectivity index (χ1) is 15.0. The van der Waals surface area contributed by atoms with Gasteiger partial charge in [0.1, 0.15) is 6.79 Å². The number of hydrogen-bond acceptors (Lipinski definition) is 8. The van der Waals surface area contributed by atoms with Gasteiger partial charge in [-0.05, 0) is 45.3 Å². The summed E-state index contributed by atoms with van der Waals surface area (Å²) >= 11 is 0. The Morgan fingerprint density at radius 3 is 2.26 bits per heavy atom. The van der Waals surface area contributed by atoms with Crippen molar-refractivity contribution in [3.8, 4) is 6.07 Å². The van der Waals surface area contributed by atoms with Crippen LogP contribution in [0, 0.1) is 22.7 Å². The number of carbonyl (C=O) groups is 2. The van der Waals surface area contributed by atoms with Gasteiger partial charge < -0.3 is 18.9 Å². The number of likely N-dealkylation sites (tertiary alicyclic amines) is 1. The maximum atomic E-state index is 12.8. The van der Waals surface area contributed by atoms with E-state index < -0.39 is 29.4 Å². The molecular weight excluding hydrogens is 400 g/mol. The van der Waals surface area contributed by atoms with E-state index in [1.54, 1.807) is 13.8 Å². The van der Waals surface area contributed by atoms with Crippen LogP contribution >= 0.6 is 0 Å². The van der Waals surface area contributed by atoms with E-state index in [1.807, 2.05) is 18.2 Å². The lowest BCUT2D eigenvalue weighted by Gasteiger charge is -2.46. The second-order valence-electron chi connectivity index (χ2n) is 7.51. The Labute approximate surface area is 184 Å². The zero-order valence-electron chi connectivity index (χ0n) is 18.5. The van der Waals surface area contributed by atoms with Gasteiger partial charge in [-0.15, -0.1) is 0 Å². The zero-order chi connectivity index (χ0) is 22.7. The van der Waals surface area contributed by atoms with Gasteiger partial charge in [-0.1, -0.05) is 30.3 Å². The molecule has 1 aromatic carbocycles. The summed E-state index contributed by atoms with van der Waals surface area (Å²) in [5.41, 5.74) is 0.105. The van der Waals surface area contributed by atoms with Gasteiger partial charge in [0, 0.05) is 19.1 Å². The van der Waals surface area contributed by atoms with Crippen LogP contribution in [0.15, 0.2) is 30.3 Å². The molecule has 8 nitrogen and oxygen atoms in total. The molecule has 1 heterocycles. The smallest absolute Gasteiger partial charge is 0.336 e. The molecule has 1 aliphatic rings. The Hall–Kier alpha value is -2.47. The van der Waals surface area contributed by atoms with E-state index in [0.717, 1.165) is 6.54 Å². The molecule has 1 aliphatic heterocycles. The van der Waals surface area contributed by atoms with Crippen LogP contribution in [-0.2, 0) is 35.1 Å². The minimum Gasteiger partial charge on any atom is -0.465 e. The molecule has 0 amide bonds. The molecule has 170 valence electrons. The quantitative estimate of drug-likeness (QED) is 0.389. The van der Waals surface area contributed by atoms with Gasteiger partial charge in [-0.3, -0.25) is 9.69 Å². The van der Waals surface area contributed by atoms with Gasteiger partial charge in [0.2, 0.25) is 0 Å². The molecule has 2 rings (SSSR count). The highest BCUT2D eigenvalue weighted by atomic mass is 16.7. The topological polar surface area (TPSA) is 98.1 Å². The highest BCUT2D eigenvalue weighted by Gasteiger charge is 2.55. The van der Waals surface area contributed by atoms with E-state index in [4.69, 9.17) is 18.9 Å². The lowest BCUT2D eigenvalue weighted by atomic mass is 9.65. The van der Waals surface area contributed by atoms with E-state index >= 15 is 0 Å². The zero-order valence-corrected chi connectivity index (χ0v) is 18.5. The van der Waals surface area contributed by atoms with Gasteiger partial charge in [-0.25, -0.2) is 4.79 Å². The number of esters is 2. The summed E-state index contributed by atoms with van der Waals surface area (Å²) in [6.07, 6.45) is -0.297. The predicted octanol–water partition coefficient (Wildman–Crippen LogP) is 2.52. The molecule has 0 spiro atoms. The van der Waals surface area contributed by atoms with Crippen LogP contribution in [0.2, 0.25) is 0 Å². The Morgan fingerprint density at radius 2 is 1.71 bits per heavy atom. The molecule has 8 heteroatoms. The molecule has 1 fully saturated rings. The molecule has 0 aromatic heterocycles. The SMILES string of the molecule is CCOC(=O)C(C#N)C1(C(OCOC)C(=O)OCC)CCN(Cc2ccccc2)CC1. The van der Waals surface area contributed by atoms with E-state index in [0.29, 0.717) is 25.9 Å². The average molecular weight is 433 g/mol. The molecule has 0 radical (unpaired) electrons. The van der Waals surface area contributed by atoms with Gasteiger partial charge in [0.05, 0.1) is 19.3 Å². The number of rotatable bonds is 11. The second-order valence-corrected chi connectivity index (χ2v) is 7.51. The van der Waals surface area contributed by atoms with Crippen LogP contribution in [0.25, 0.3) is 0 Å². The largest absolute Gasteiger partial charge is 0.465 e. The third-order valence-corrected chi connectivity index (χ3v) is 5.64. The third-order valence-electron chi connectivity index (χ3n) is 5.64. The number of nitriles is 1. The maximum Gasteiger partial charge on any atom is 0.336 e. The number of ether oxygens (including phenoxy) is 4. The van der Waals surface area contributed by atoms with Crippen LogP contribution in [0.3, 0.4) is 0 Å². The fourth-order valence-corrected chi connectivity index (χ4v) is 4.14. The van der Waals surface area contributed by atoms with E-state index in [1.165, 1.54) is 12.7 Å². The standard InChI is InChI=1S/C23H32N2O6/c1-4-29-21(26)19(15-24)23(20(31-17-28-3)22(27)30-5-2)11-13-25(14-12-23)16-18-9-7-6-8-10-18/h6-10,19-20H,4-5,11-14,16-17H2,1-3H3.